The number of primary amides is 1. The van der Waals surface area contributed by atoms with Gasteiger partial charge >= 0.3 is 0 Å². The molecule has 0 bridgehead atoms. The molecule has 0 spiro atoms. The summed E-state index contributed by atoms with van der Waals surface area (Å²) in [5.41, 5.74) is 5.46. The van der Waals surface area contributed by atoms with Crippen LogP contribution in [0, 0.1) is 17.6 Å². The molecule has 0 saturated heterocycles. The molecule has 0 fully saturated rings. The number of anilines is 1. The maximum Gasteiger partial charge on any atom is 0.222 e. The van der Waals surface area contributed by atoms with Crippen LogP contribution in [0.4, 0.5) is 14.5 Å². The number of nitrogens with one attached hydrogen (secondary N) is 1. The number of halogens is 2. The highest BCUT2D eigenvalue weighted by Crippen LogP contribution is 2.13. The van der Waals surface area contributed by atoms with Gasteiger partial charge in [0.05, 0.1) is 5.92 Å². The van der Waals surface area contributed by atoms with Crippen molar-refractivity contribution in [2.75, 3.05) is 11.9 Å². The van der Waals surface area contributed by atoms with Gasteiger partial charge in [-0.3, -0.25) is 4.79 Å². The van der Waals surface area contributed by atoms with E-state index < -0.39 is 17.5 Å². The third-order valence-electron chi connectivity index (χ3n) is 2.02. The highest BCUT2D eigenvalue weighted by Gasteiger charge is 2.08. The van der Waals surface area contributed by atoms with Gasteiger partial charge in [-0.1, -0.05) is 6.92 Å². The molecule has 0 heterocycles. The summed E-state index contributed by atoms with van der Waals surface area (Å²) in [4.78, 5) is 10.7. The molecule has 1 rings (SSSR count). The summed E-state index contributed by atoms with van der Waals surface area (Å²) < 4.78 is 25.3. The smallest absolute Gasteiger partial charge is 0.222 e. The Kier molecular flexibility index (Phi) is 3.60. The fourth-order valence-corrected chi connectivity index (χ4v) is 0.978. The Labute approximate surface area is 86.3 Å². The van der Waals surface area contributed by atoms with Crippen molar-refractivity contribution >= 4 is 11.6 Å². The molecule has 0 aliphatic carbocycles. The highest BCUT2D eigenvalue weighted by molar-refractivity contribution is 5.76. The monoisotopic (exact) mass is 214 g/mol. The summed E-state index contributed by atoms with van der Waals surface area (Å²) in [5.74, 6) is -2.63. The lowest BCUT2D eigenvalue weighted by molar-refractivity contribution is -0.120. The van der Waals surface area contributed by atoms with Crippen molar-refractivity contribution < 1.29 is 13.6 Å². The van der Waals surface area contributed by atoms with E-state index in [0.29, 0.717) is 12.2 Å². The van der Waals surface area contributed by atoms with E-state index in [-0.39, 0.29) is 5.92 Å². The van der Waals surface area contributed by atoms with Crippen LogP contribution in [-0.4, -0.2) is 12.5 Å². The molecule has 1 aromatic carbocycles. The highest BCUT2D eigenvalue weighted by atomic mass is 19.2. The van der Waals surface area contributed by atoms with E-state index in [2.05, 4.69) is 5.32 Å². The SMILES string of the molecule is CC(CNc1ccc(F)c(F)c1)C(N)=O. The standard InChI is InChI=1S/C10H12F2N2O/c1-6(10(13)15)5-14-7-2-3-8(11)9(12)4-7/h2-4,6,14H,5H2,1H3,(H2,13,15). The fraction of sp³-hybridized carbons (Fsp3) is 0.300. The Balaban J connectivity index is 2.58. The summed E-state index contributed by atoms with van der Waals surface area (Å²) in [6, 6.07) is 3.45. The van der Waals surface area contributed by atoms with Crippen LogP contribution in [0.2, 0.25) is 0 Å². The van der Waals surface area contributed by atoms with Crippen LogP contribution in [0.5, 0.6) is 0 Å². The molecule has 0 aromatic heterocycles. The third kappa shape index (κ3) is 3.19. The Hall–Kier alpha value is -1.65. The average molecular weight is 214 g/mol. The molecule has 0 aliphatic heterocycles. The zero-order valence-electron chi connectivity index (χ0n) is 8.26. The van der Waals surface area contributed by atoms with Gasteiger partial charge in [-0.05, 0) is 18.2 Å². The van der Waals surface area contributed by atoms with Gasteiger partial charge in [-0.25, -0.2) is 8.78 Å². The van der Waals surface area contributed by atoms with Gasteiger partial charge in [0.2, 0.25) is 5.91 Å². The van der Waals surface area contributed by atoms with Crippen LogP contribution in [0.3, 0.4) is 0 Å². The maximum absolute atomic E-state index is 12.8. The molecule has 1 amide bonds. The van der Waals surface area contributed by atoms with Gasteiger partial charge in [-0.15, -0.1) is 0 Å². The lowest BCUT2D eigenvalue weighted by Gasteiger charge is -2.10. The van der Waals surface area contributed by atoms with E-state index in [4.69, 9.17) is 5.73 Å². The van der Waals surface area contributed by atoms with Crippen molar-refractivity contribution in [2.24, 2.45) is 11.7 Å². The van der Waals surface area contributed by atoms with Crippen LogP contribution >= 0.6 is 0 Å². The van der Waals surface area contributed by atoms with Crippen molar-refractivity contribution in [1.29, 1.82) is 0 Å². The van der Waals surface area contributed by atoms with E-state index >= 15 is 0 Å². The van der Waals surface area contributed by atoms with E-state index in [9.17, 15) is 13.6 Å². The molecule has 0 radical (unpaired) electrons. The Bertz CT molecular complexity index is 368. The molecule has 0 saturated carbocycles. The Morgan fingerprint density at radius 1 is 1.47 bits per heavy atom. The Morgan fingerprint density at radius 2 is 2.13 bits per heavy atom. The predicted octanol–water partition coefficient (Wildman–Crippen LogP) is 1.50. The van der Waals surface area contributed by atoms with Crippen LogP contribution in [0.1, 0.15) is 6.92 Å². The van der Waals surface area contributed by atoms with Crippen molar-refractivity contribution in [3.8, 4) is 0 Å². The molecule has 3 N–H and O–H groups in total. The molecule has 1 aromatic rings. The van der Waals surface area contributed by atoms with E-state index in [1.807, 2.05) is 0 Å². The summed E-state index contributed by atoms with van der Waals surface area (Å²) in [5, 5.41) is 2.79. The first-order chi connectivity index (χ1) is 7.00. The Morgan fingerprint density at radius 3 is 2.67 bits per heavy atom. The van der Waals surface area contributed by atoms with Gasteiger partial charge in [0, 0.05) is 12.2 Å². The molecule has 1 atom stereocenters. The number of amides is 1. The van der Waals surface area contributed by atoms with Crippen molar-refractivity contribution in [3.05, 3.63) is 29.8 Å². The second-order valence-corrected chi connectivity index (χ2v) is 3.31. The number of hydrogen-bond acceptors (Lipinski definition) is 2. The zero-order valence-corrected chi connectivity index (χ0v) is 8.26. The second kappa shape index (κ2) is 4.72. The molecule has 5 heteroatoms. The molecular weight excluding hydrogens is 202 g/mol. The molecule has 1 unspecified atom stereocenters. The number of nitrogens with two attached hydrogens (primary N) is 1. The minimum absolute atomic E-state index is 0.292. The molecule has 3 nitrogen and oxygen atoms in total. The third-order valence-corrected chi connectivity index (χ3v) is 2.02. The lowest BCUT2D eigenvalue weighted by Crippen LogP contribution is -2.26. The van der Waals surface area contributed by atoms with Gasteiger partial charge in [0.25, 0.3) is 0 Å². The quantitative estimate of drug-likeness (QED) is 0.798. The fourth-order valence-electron chi connectivity index (χ4n) is 0.978. The van der Waals surface area contributed by atoms with E-state index in [1.165, 1.54) is 6.07 Å². The van der Waals surface area contributed by atoms with Gasteiger partial charge in [0.1, 0.15) is 0 Å². The van der Waals surface area contributed by atoms with Gasteiger partial charge in [0.15, 0.2) is 11.6 Å². The maximum atomic E-state index is 12.8. The van der Waals surface area contributed by atoms with Gasteiger partial charge in [-0.2, -0.15) is 0 Å². The first-order valence-corrected chi connectivity index (χ1v) is 4.49. The van der Waals surface area contributed by atoms with Crippen LogP contribution < -0.4 is 11.1 Å². The number of rotatable bonds is 4. The summed E-state index contributed by atoms with van der Waals surface area (Å²) in [6.07, 6.45) is 0. The first-order valence-electron chi connectivity index (χ1n) is 4.49. The summed E-state index contributed by atoms with van der Waals surface area (Å²) in [6.45, 7) is 1.94. The van der Waals surface area contributed by atoms with Crippen LogP contribution in [0.25, 0.3) is 0 Å². The average Bonchev–Trinajstić information content (AvgIpc) is 2.19. The van der Waals surface area contributed by atoms with Crippen molar-refractivity contribution in [3.63, 3.8) is 0 Å². The first kappa shape index (κ1) is 11.4. The topological polar surface area (TPSA) is 55.1 Å². The molecule has 0 aliphatic rings. The number of benzene rings is 1. The minimum atomic E-state index is -0.924. The van der Waals surface area contributed by atoms with Crippen molar-refractivity contribution in [2.45, 2.75) is 6.92 Å². The molecule has 15 heavy (non-hydrogen) atoms. The van der Waals surface area contributed by atoms with E-state index in [0.717, 1.165) is 12.1 Å². The van der Waals surface area contributed by atoms with Crippen molar-refractivity contribution in [1.82, 2.24) is 0 Å². The number of carbonyl (C=O) groups excluding carboxylic acids is 1. The van der Waals surface area contributed by atoms with Crippen LogP contribution in [0.15, 0.2) is 18.2 Å². The summed E-state index contributed by atoms with van der Waals surface area (Å²) in [7, 11) is 0. The molecule has 82 valence electrons. The largest absolute Gasteiger partial charge is 0.384 e. The lowest BCUT2D eigenvalue weighted by atomic mass is 10.1. The van der Waals surface area contributed by atoms with Crippen LogP contribution in [-0.2, 0) is 4.79 Å². The second-order valence-electron chi connectivity index (χ2n) is 3.31. The zero-order chi connectivity index (χ0) is 11.4. The normalized spacial score (nSPS) is 12.2. The number of carbonyl (C=O) groups is 1. The van der Waals surface area contributed by atoms with E-state index in [1.54, 1.807) is 6.92 Å². The van der Waals surface area contributed by atoms with Gasteiger partial charge < -0.3 is 11.1 Å². The predicted molar refractivity (Wildman–Crippen MR) is 53.2 cm³/mol. The number of hydrogen-bond donors (Lipinski definition) is 2. The minimum Gasteiger partial charge on any atom is -0.384 e. The molecular formula is C10H12F2N2O. The summed E-state index contributed by atoms with van der Waals surface area (Å²) >= 11 is 0.